The summed E-state index contributed by atoms with van der Waals surface area (Å²) in [6, 6.07) is 6.16. The Hall–Kier alpha value is -0.910. The molecule has 1 rings (SSSR count). The molecule has 0 saturated carbocycles. The van der Waals surface area contributed by atoms with Crippen LogP contribution < -0.4 is 4.72 Å². The number of aliphatic hydroxyl groups excluding tert-OH is 1. The second-order valence-corrected chi connectivity index (χ2v) is 6.18. The van der Waals surface area contributed by atoms with Crippen LogP contribution in [-0.4, -0.2) is 26.2 Å². The van der Waals surface area contributed by atoms with E-state index in [9.17, 15) is 8.42 Å². The van der Waals surface area contributed by atoms with Crippen molar-refractivity contribution in [2.24, 2.45) is 5.92 Å². The van der Waals surface area contributed by atoms with Crippen molar-refractivity contribution >= 4 is 10.0 Å². The zero-order valence-corrected chi connectivity index (χ0v) is 11.2. The monoisotopic (exact) mass is 257 g/mol. The lowest BCUT2D eigenvalue weighted by atomic mass is 10.1. The second kappa shape index (κ2) is 5.62. The molecule has 0 heterocycles. The fourth-order valence-electron chi connectivity index (χ4n) is 1.37. The first-order chi connectivity index (χ1) is 7.86. The Morgan fingerprint density at radius 1 is 1.24 bits per heavy atom. The van der Waals surface area contributed by atoms with E-state index in [2.05, 4.69) is 4.72 Å². The normalized spacial score (nSPS) is 13.9. The summed E-state index contributed by atoms with van der Waals surface area (Å²) in [6.45, 7) is 5.41. The topological polar surface area (TPSA) is 66.4 Å². The lowest BCUT2D eigenvalue weighted by Gasteiger charge is -2.19. The molecule has 1 aromatic carbocycles. The molecule has 1 atom stereocenters. The third kappa shape index (κ3) is 3.80. The van der Waals surface area contributed by atoms with Crippen molar-refractivity contribution in [3.8, 4) is 0 Å². The average Bonchev–Trinajstić information content (AvgIpc) is 2.26. The zero-order valence-electron chi connectivity index (χ0n) is 10.3. The van der Waals surface area contributed by atoms with Gasteiger partial charge in [-0.3, -0.25) is 0 Å². The first kappa shape index (κ1) is 14.2. The fraction of sp³-hybridized carbons (Fsp3) is 0.500. The van der Waals surface area contributed by atoms with E-state index >= 15 is 0 Å². The molecular weight excluding hydrogens is 238 g/mol. The highest BCUT2D eigenvalue weighted by Crippen LogP contribution is 2.12. The lowest BCUT2D eigenvalue weighted by Crippen LogP contribution is -2.41. The molecule has 0 fully saturated rings. The Morgan fingerprint density at radius 3 is 2.18 bits per heavy atom. The number of sulfonamides is 1. The van der Waals surface area contributed by atoms with Gasteiger partial charge in [-0.15, -0.1) is 0 Å². The maximum Gasteiger partial charge on any atom is 0.240 e. The van der Waals surface area contributed by atoms with Crippen LogP contribution in [0.25, 0.3) is 0 Å². The van der Waals surface area contributed by atoms with E-state index in [1.807, 2.05) is 20.8 Å². The SMILES string of the molecule is Cc1ccc(S(=O)(=O)NC(CO)C(C)C)cc1. The predicted molar refractivity (Wildman–Crippen MR) is 67.2 cm³/mol. The standard InChI is InChI=1S/C12H19NO3S/c1-9(2)12(8-14)13-17(15,16)11-6-4-10(3)5-7-11/h4-7,9,12-14H,8H2,1-3H3. The van der Waals surface area contributed by atoms with Crippen LogP contribution in [0.2, 0.25) is 0 Å². The number of aliphatic hydroxyl groups is 1. The van der Waals surface area contributed by atoms with Crippen molar-refractivity contribution in [1.82, 2.24) is 4.72 Å². The van der Waals surface area contributed by atoms with Crippen LogP contribution in [0.4, 0.5) is 0 Å². The first-order valence-electron chi connectivity index (χ1n) is 5.56. The second-order valence-electron chi connectivity index (χ2n) is 4.47. The van der Waals surface area contributed by atoms with Crippen molar-refractivity contribution in [1.29, 1.82) is 0 Å². The summed E-state index contributed by atoms with van der Waals surface area (Å²) < 4.78 is 26.5. The highest BCUT2D eigenvalue weighted by atomic mass is 32.2. The van der Waals surface area contributed by atoms with Crippen LogP contribution in [0.5, 0.6) is 0 Å². The third-order valence-corrected chi connectivity index (χ3v) is 4.15. The molecule has 0 saturated heterocycles. The highest BCUT2D eigenvalue weighted by Gasteiger charge is 2.21. The Balaban J connectivity index is 2.92. The van der Waals surface area contributed by atoms with Gasteiger partial charge in [0, 0.05) is 6.04 Å². The molecule has 1 aromatic rings. The predicted octanol–water partition coefficient (Wildman–Crippen LogP) is 1.29. The smallest absolute Gasteiger partial charge is 0.240 e. The van der Waals surface area contributed by atoms with E-state index < -0.39 is 16.1 Å². The molecule has 0 aliphatic heterocycles. The van der Waals surface area contributed by atoms with E-state index in [1.165, 1.54) is 0 Å². The minimum atomic E-state index is -3.54. The van der Waals surface area contributed by atoms with Crippen LogP contribution in [0, 0.1) is 12.8 Å². The molecule has 1 unspecified atom stereocenters. The summed E-state index contributed by atoms with van der Waals surface area (Å²) in [4.78, 5) is 0.224. The summed E-state index contributed by atoms with van der Waals surface area (Å²) >= 11 is 0. The van der Waals surface area contributed by atoms with Crippen molar-refractivity contribution in [2.75, 3.05) is 6.61 Å². The molecule has 5 heteroatoms. The van der Waals surface area contributed by atoms with Crippen molar-refractivity contribution in [3.05, 3.63) is 29.8 Å². The summed E-state index contributed by atoms with van der Waals surface area (Å²) in [5.41, 5.74) is 1.01. The lowest BCUT2D eigenvalue weighted by molar-refractivity contribution is 0.227. The van der Waals surface area contributed by atoms with Gasteiger partial charge in [0.05, 0.1) is 11.5 Å². The van der Waals surface area contributed by atoms with Crippen LogP contribution in [0.15, 0.2) is 29.2 Å². The van der Waals surface area contributed by atoms with Crippen LogP contribution in [0.3, 0.4) is 0 Å². The van der Waals surface area contributed by atoms with Gasteiger partial charge >= 0.3 is 0 Å². The minimum Gasteiger partial charge on any atom is -0.395 e. The quantitative estimate of drug-likeness (QED) is 0.835. The number of hydrogen-bond donors (Lipinski definition) is 2. The molecule has 0 radical (unpaired) electrons. The fourth-order valence-corrected chi connectivity index (χ4v) is 2.74. The third-order valence-electron chi connectivity index (χ3n) is 2.64. The zero-order chi connectivity index (χ0) is 13.1. The van der Waals surface area contributed by atoms with Crippen LogP contribution in [-0.2, 0) is 10.0 Å². The largest absolute Gasteiger partial charge is 0.395 e. The van der Waals surface area contributed by atoms with E-state index in [1.54, 1.807) is 24.3 Å². The van der Waals surface area contributed by atoms with Gasteiger partial charge in [0.15, 0.2) is 0 Å². The number of aryl methyl sites for hydroxylation is 1. The van der Waals surface area contributed by atoms with E-state index in [0.717, 1.165) is 5.56 Å². The van der Waals surface area contributed by atoms with Gasteiger partial charge < -0.3 is 5.11 Å². The van der Waals surface area contributed by atoms with Gasteiger partial charge in [0.25, 0.3) is 0 Å². The maximum atomic E-state index is 12.0. The molecular formula is C12H19NO3S. The maximum absolute atomic E-state index is 12.0. The molecule has 0 spiro atoms. The Morgan fingerprint density at radius 2 is 1.76 bits per heavy atom. The van der Waals surface area contributed by atoms with Crippen molar-refractivity contribution in [3.63, 3.8) is 0 Å². The van der Waals surface area contributed by atoms with Gasteiger partial charge in [0.2, 0.25) is 10.0 Å². The molecule has 4 nitrogen and oxygen atoms in total. The molecule has 17 heavy (non-hydrogen) atoms. The number of hydrogen-bond acceptors (Lipinski definition) is 3. The molecule has 0 aromatic heterocycles. The van der Waals surface area contributed by atoms with E-state index in [4.69, 9.17) is 5.11 Å². The molecule has 0 amide bonds. The van der Waals surface area contributed by atoms with E-state index in [0.29, 0.717) is 0 Å². The molecule has 0 aliphatic rings. The van der Waals surface area contributed by atoms with Crippen LogP contribution >= 0.6 is 0 Å². The average molecular weight is 257 g/mol. The highest BCUT2D eigenvalue weighted by molar-refractivity contribution is 7.89. The Bertz CT molecular complexity index is 451. The van der Waals surface area contributed by atoms with E-state index in [-0.39, 0.29) is 17.4 Å². The Labute approximate surface area is 103 Å². The minimum absolute atomic E-state index is 0.0419. The molecule has 2 N–H and O–H groups in total. The van der Waals surface area contributed by atoms with Crippen molar-refractivity contribution in [2.45, 2.75) is 31.7 Å². The van der Waals surface area contributed by atoms with Gasteiger partial charge in [-0.1, -0.05) is 31.5 Å². The summed E-state index contributed by atoms with van der Waals surface area (Å²) in [5, 5.41) is 9.12. The summed E-state index contributed by atoms with van der Waals surface area (Å²) in [7, 11) is -3.54. The number of benzene rings is 1. The van der Waals surface area contributed by atoms with Crippen LogP contribution in [0.1, 0.15) is 19.4 Å². The first-order valence-corrected chi connectivity index (χ1v) is 7.05. The van der Waals surface area contributed by atoms with Crippen molar-refractivity contribution < 1.29 is 13.5 Å². The van der Waals surface area contributed by atoms with Gasteiger partial charge in [-0.25, -0.2) is 13.1 Å². The molecule has 96 valence electrons. The number of rotatable bonds is 5. The van der Waals surface area contributed by atoms with Gasteiger partial charge in [0.1, 0.15) is 0 Å². The molecule has 0 bridgehead atoms. The Kier molecular flexibility index (Phi) is 4.68. The van der Waals surface area contributed by atoms with Gasteiger partial charge in [-0.05, 0) is 25.0 Å². The van der Waals surface area contributed by atoms with Gasteiger partial charge in [-0.2, -0.15) is 0 Å². The summed E-state index contributed by atoms with van der Waals surface area (Å²) in [5.74, 6) is 0.0419. The number of nitrogens with one attached hydrogen (secondary N) is 1. The molecule has 0 aliphatic carbocycles. The summed E-state index contributed by atoms with van der Waals surface area (Å²) in [6.07, 6.45) is 0.